The van der Waals surface area contributed by atoms with Crippen LogP contribution >= 0.6 is 0 Å². The zero-order valence-corrected chi connectivity index (χ0v) is 13.4. The van der Waals surface area contributed by atoms with Gasteiger partial charge in [0.25, 0.3) is 5.91 Å². The first-order valence-corrected chi connectivity index (χ1v) is 8.03. The van der Waals surface area contributed by atoms with Gasteiger partial charge in [-0.15, -0.1) is 0 Å². The molecule has 1 aliphatic heterocycles. The van der Waals surface area contributed by atoms with Crippen LogP contribution in [0.2, 0.25) is 0 Å². The van der Waals surface area contributed by atoms with Crippen molar-refractivity contribution < 1.29 is 14.3 Å². The number of ether oxygens (including phenoxy) is 1. The van der Waals surface area contributed by atoms with Crippen LogP contribution in [0.5, 0.6) is 5.75 Å². The molecule has 0 spiro atoms. The Hall–Kier alpha value is -2.66. The predicted molar refractivity (Wildman–Crippen MR) is 91.4 cm³/mol. The lowest BCUT2D eigenvalue weighted by Crippen LogP contribution is -2.46. The molecule has 3 rings (SSSR count). The normalized spacial score (nSPS) is 14.2. The molecule has 5 heteroatoms. The lowest BCUT2D eigenvalue weighted by molar-refractivity contribution is 0.0735. The molecule has 1 amide bonds. The van der Waals surface area contributed by atoms with Gasteiger partial charge in [0.2, 0.25) is 0 Å². The third-order valence-corrected chi connectivity index (χ3v) is 4.03. The first kappa shape index (κ1) is 16.2. The van der Waals surface area contributed by atoms with Crippen LogP contribution in [0.4, 0.5) is 0 Å². The van der Waals surface area contributed by atoms with Crippen molar-refractivity contribution in [3.8, 4) is 5.75 Å². The van der Waals surface area contributed by atoms with E-state index in [-0.39, 0.29) is 5.91 Å². The number of amides is 1. The highest BCUT2D eigenvalue weighted by Gasteiger charge is 2.17. The Morgan fingerprint density at radius 3 is 2.33 bits per heavy atom. The van der Waals surface area contributed by atoms with E-state index >= 15 is 0 Å². The molecular formula is C19H20N2O3. The van der Waals surface area contributed by atoms with E-state index in [0.717, 1.165) is 38.0 Å². The van der Waals surface area contributed by atoms with Crippen molar-refractivity contribution in [3.05, 3.63) is 65.2 Å². The molecule has 124 valence electrons. The van der Waals surface area contributed by atoms with Crippen LogP contribution in [-0.4, -0.2) is 43.3 Å². The Morgan fingerprint density at radius 2 is 1.71 bits per heavy atom. The van der Waals surface area contributed by atoms with Crippen molar-refractivity contribution in [2.75, 3.05) is 26.2 Å². The maximum atomic E-state index is 12.4. The lowest BCUT2D eigenvalue weighted by atomic mass is 10.1. The fraction of sp³-hybridized carbons (Fsp3) is 0.263. The van der Waals surface area contributed by atoms with Crippen molar-refractivity contribution in [1.29, 1.82) is 0 Å². The molecule has 0 bridgehead atoms. The minimum absolute atomic E-state index is 0.0772. The van der Waals surface area contributed by atoms with Gasteiger partial charge < -0.3 is 15.0 Å². The number of carbonyl (C=O) groups excluding carboxylic acids is 2. The van der Waals surface area contributed by atoms with Crippen molar-refractivity contribution in [3.63, 3.8) is 0 Å². The highest BCUT2D eigenvalue weighted by atomic mass is 16.5. The number of hydrogen-bond acceptors (Lipinski definition) is 4. The number of benzene rings is 2. The van der Waals surface area contributed by atoms with Crippen LogP contribution in [0, 0.1) is 0 Å². The van der Waals surface area contributed by atoms with Gasteiger partial charge in [-0.05, 0) is 42.0 Å². The minimum atomic E-state index is 0.0772. The van der Waals surface area contributed by atoms with E-state index in [4.69, 9.17) is 4.74 Å². The molecule has 1 fully saturated rings. The van der Waals surface area contributed by atoms with E-state index in [0.29, 0.717) is 23.5 Å². The summed E-state index contributed by atoms with van der Waals surface area (Å²) >= 11 is 0. The molecule has 0 radical (unpaired) electrons. The number of aldehydes is 1. The third-order valence-electron chi connectivity index (χ3n) is 4.03. The number of hydrogen-bond donors (Lipinski definition) is 1. The molecule has 1 N–H and O–H groups in total. The van der Waals surface area contributed by atoms with Gasteiger partial charge in [0, 0.05) is 37.3 Å². The molecule has 1 saturated heterocycles. The van der Waals surface area contributed by atoms with Gasteiger partial charge in [0.05, 0.1) is 0 Å². The molecule has 2 aromatic carbocycles. The molecule has 0 aromatic heterocycles. The van der Waals surface area contributed by atoms with Gasteiger partial charge in [-0.25, -0.2) is 0 Å². The largest absolute Gasteiger partial charge is 0.489 e. The predicted octanol–water partition coefficient (Wildman–Crippen LogP) is 2.12. The van der Waals surface area contributed by atoms with Crippen LogP contribution in [0.25, 0.3) is 0 Å². The van der Waals surface area contributed by atoms with Crippen LogP contribution < -0.4 is 10.1 Å². The molecule has 2 aromatic rings. The van der Waals surface area contributed by atoms with E-state index in [1.54, 1.807) is 24.3 Å². The summed E-state index contributed by atoms with van der Waals surface area (Å²) in [6.07, 6.45) is 0.803. The fourth-order valence-electron chi connectivity index (χ4n) is 2.60. The summed E-state index contributed by atoms with van der Waals surface area (Å²) in [4.78, 5) is 24.9. The second-order valence-corrected chi connectivity index (χ2v) is 5.71. The standard InChI is InChI=1S/C19H20N2O3/c22-13-15-3-7-18(8-4-15)24-14-16-1-5-17(6-2-16)19(23)21-11-9-20-10-12-21/h1-8,13,20H,9-12,14H2. The smallest absolute Gasteiger partial charge is 0.253 e. The summed E-state index contributed by atoms with van der Waals surface area (Å²) in [5.41, 5.74) is 2.32. The Kier molecular flexibility index (Phi) is 5.23. The summed E-state index contributed by atoms with van der Waals surface area (Å²) < 4.78 is 5.69. The maximum Gasteiger partial charge on any atom is 0.253 e. The number of rotatable bonds is 5. The molecule has 0 saturated carbocycles. The molecule has 0 unspecified atom stereocenters. The van der Waals surface area contributed by atoms with Gasteiger partial charge in [-0.2, -0.15) is 0 Å². The summed E-state index contributed by atoms with van der Waals surface area (Å²) in [7, 11) is 0. The van der Waals surface area contributed by atoms with Crippen LogP contribution in [0.3, 0.4) is 0 Å². The monoisotopic (exact) mass is 324 g/mol. The molecular weight excluding hydrogens is 304 g/mol. The van der Waals surface area contributed by atoms with Crippen LogP contribution in [0.1, 0.15) is 26.3 Å². The third kappa shape index (κ3) is 4.00. The van der Waals surface area contributed by atoms with E-state index in [9.17, 15) is 9.59 Å². The first-order chi connectivity index (χ1) is 11.8. The number of nitrogens with one attached hydrogen (secondary N) is 1. The topological polar surface area (TPSA) is 58.6 Å². The second kappa shape index (κ2) is 7.75. The second-order valence-electron chi connectivity index (χ2n) is 5.71. The fourth-order valence-corrected chi connectivity index (χ4v) is 2.60. The average molecular weight is 324 g/mol. The molecule has 1 aliphatic rings. The van der Waals surface area contributed by atoms with Crippen LogP contribution in [-0.2, 0) is 6.61 Å². The quantitative estimate of drug-likeness (QED) is 0.856. The summed E-state index contributed by atoms with van der Waals surface area (Å²) in [5, 5.41) is 3.24. The molecule has 24 heavy (non-hydrogen) atoms. The van der Waals surface area contributed by atoms with Crippen molar-refractivity contribution in [2.24, 2.45) is 0 Å². The van der Waals surface area contributed by atoms with Gasteiger partial charge in [-0.1, -0.05) is 12.1 Å². The first-order valence-electron chi connectivity index (χ1n) is 8.03. The molecule has 0 aliphatic carbocycles. The highest BCUT2D eigenvalue weighted by Crippen LogP contribution is 2.14. The van der Waals surface area contributed by atoms with Crippen molar-refractivity contribution in [1.82, 2.24) is 10.2 Å². The number of carbonyl (C=O) groups is 2. The van der Waals surface area contributed by atoms with Gasteiger partial charge in [0.15, 0.2) is 0 Å². The van der Waals surface area contributed by atoms with Gasteiger partial charge >= 0.3 is 0 Å². The lowest BCUT2D eigenvalue weighted by Gasteiger charge is -2.27. The Balaban J connectivity index is 1.57. The van der Waals surface area contributed by atoms with Crippen LogP contribution in [0.15, 0.2) is 48.5 Å². The van der Waals surface area contributed by atoms with E-state index in [1.165, 1.54) is 0 Å². The minimum Gasteiger partial charge on any atom is -0.489 e. The molecule has 1 heterocycles. The average Bonchev–Trinajstić information content (AvgIpc) is 2.67. The van der Waals surface area contributed by atoms with E-state index < -0.39 is 0 Å². The summed E-state index contributed by atoms with van der Waals surface area (Å²) in [5.74, 6) is 0.787. The number of nitrogens with zero attached hydrogens (tertiary/aromatic N) is 1. The summed E-state index contributed by atoms with van der Waals surface area (Å²) in [6, 6.07) is 14.5. The number of piperazine rings is 1. The SMILES string of the molecule is O=Cc1ccc(OCc2ccc(C(=O)N3CCNCC3)cc2)cc1. The van der Waals surface area contributed by atoms with Crippen molar-refractivity contribution in [2.45, 2.75) is 6.61 Å². The van der Waals surface area contributed by atoms with E-state index in [1.807, 2.05) is 29.2 Å². The maximum absolute atomic E-state index is 12.4. The summed E-state index contributed by atoms with van der Waals surface area (Å²) in [6.45, 7) is 3.62. The Labute approximate surface area is 141 Å². The Bertz CT molecular complexity index is 690. The molecule has 0 atom stereocenters. The van der Waals surface area contributed by atoms with Gasteiger partial charge in [0.1, 0.15) is 18.6 Å². The van der Waals surface area contributed by atoms with Crippen molar-refractivity contribution >= 4 is 12.2 Å². The highest BCUT2D eigenvalue weighted by molar-refractivity contribution is 5.94. The van der Waals surface area contributed by atoms with Gasteiger partial charge in [-0.3, -0.25) is 9.59 Å². The Morgan fingerprint density at radius 1 is 1.04 bits per heavy atom. The molecule has 5 nitrogen and oxygen atoms in total. The zero-order chi connectivity index (χ0) is 16.8. The zero-order valence-electron chi connectivity index (χ0n) is 13.4. The van der Waals surface area contributed by atoms with E-state index in [2.05, 4.69) is 5.32 Å².